The molecule has 11 nitrogen and oxygen atoms in total. The molecular formula is C48H40N6O5P+. The van der Waals surface area contributed by atoms with Crippen LogP contribution in [0.4, 0.5) is 11.4 Å². The van der Waals surface area contributed by atoms with Gasteiger partial charge in [0.1, 0.15) is 13.2 Å². The standard InChI is InChI=1S/C48H39N6O5P/c1-53-47(43-15-7-11-35-9-3-5-13-41(35)43)37(29-49-53)21-27-45(55)51-39-23-17-33(18-24-39)31-58-60(57)59-32-34-19-25-40(26-20-34)52-46(56)28-22-38-30-50-54(2)48(38)44-16-8-12-36-10-4-6-14-42(36)44/h3-30H,31-32H2,1-2H3,(H-,51,52,55,56)/p+1/b27-21+,28-22+. The zero-order chi connectivity index (χ0) is 41.4. The summed E-state index contributed by atoms with van der Waals surface area (Å²) < 4.78 is 27.0. The topological polar surface area (TPSA) is 129 Å². The van der Waals surface area contributed by atoms with E-state index in [1.54, 1.807) is 73.1 Å². The summed E-state index contributed by atoms with van der Waals surface area (Å²) in [5, 5.41) is 19.1. The third-order valence-corrected chi connectivity index (χ3v) is 10.6. The number of benzene rings is 6. The molecule has 296 valence electrons. The van der Waals surface area contributed by atoms with Crippen molar-refractivity contribution in [2.75, 3.05) is 10.6 Å². The lowest BCUT2D eigenvalue weighted by atomic mass is 9.99. The van der Waals surface area contributed by atoms with Crippen LogP contribution in [0.3, 0.4) is 0 Å². The number of aromatic nitrogens is 4. The van der Waals surface area contributed by atoms with Crippen molar-refractivity contribution in [3.63, 3.8) is 0 Å². The van der Waals surface area contributed by atoms with Crippen LogP contribution in [0, 0.1) is 0 Å². The predicted octanol–water partition coefficient (Wildman–Crippen LogP) is 10.5. The molecule has 0 fully saturated rings. The molecule has 0 radical (unpaired) electrons. The number of amides is 2. The molecule has 0 bridgehead atoms. The third kappa shape index (κ3) is 9.20. The molecule has 2 amide bonds. The molecule has 12 heteroatoms. The van der Waals surface area contributed by atoms with Gasteiger partial charge >= 0.3 is 8.25 Å². The summed E-state index contributed by atoms with van der Waals surface area (Å²) in [5.41, 5.74) is 8.27. The van der Waals surface area contributed by atoms with Gasteiger partial charge in [-0.15, -0.1) is 9.05 Å². The maximum absolute atomic E-state index is 12.8. The van der Waals surface area contributed by atoms with Crippen molar-refractivity contribution in [3.8, 4) is 22.5 Å². The Hall–Kier alpha value is -7.30. The van der Waals surface area contributed by atoms with E-state index in [1.807, 2.05) is 59.9 Å². The van der Waals surface area contributed by atoms with Crippen LogP contribution in [0.25, 0.3) is 56.2 Å². The number of carbonyl (C=O) groups excluding carboxylic acids is 2. The first-order valence-electron chi connectivity index (χ1n) is 19.2. The Morgan fingerprint density at radius 1 is 0.567 bits per heavy atom. The van der Waals surface area contributed by atoms with Crippen LogP contribution >= 0.6 is 8.25 Å². The van der Waals surface area contributed by atoms with E-state index in [2.05, 4.69) is 69.4 Å². The number of hydrogen-bond acceptors (Lipinski definition) is 7. The molecular weight excluding hydrogens is 772 g/mol. The molecule has 0 aliphatic heterocycles. The first-order valence-corrected chi connectivity index (χ1v) is 20.3. The van der Waals surface area contributed by atoms with Gasteiger partial charge in [0.15, 0.2) is 0 Å². The van der Waals surface area contributed by atoms with Crippen molar-refractivity contribution >= 4 is 65.1 Å². The molecule has 0 saturated heterocycles. The van der Waals surface area contributed by atoms with E-state index in [0.29, 0.717) is 11.4 Å². The van der Waals surface area contributed by atoms with Crippen molar-refractivity contribution in [2.24, 2.45) is 14.1 Å². The summed E-state index contributed by atoms with van der Waals surface area (Å²) in [5.74, 6) is -0.578. The fraction of sp³-hybridized carbons (Fsp3) is 0.0833. The van der Waals surface area contributed by atoms with E-state index in [1.165, 1.54) is 12.2 Å². The van der Waals surface area contributed by atoms with Gasteiger partial charge in [0.25, 0.3) is 0 Å². The van der Waals surface area contributed by atoms with Crippen LogP contribution in [-0.2, 0) is 50.5 Å². The minimum Gasteiger partial charge on any atom is -0.323 e. The van der Waals surface area contributed by atoms with Gasteiger partial charge in [-0.05, 0) is 69.1 Å². The molecule has 8 rings (SSSR count). The van der Waals surface area contributed by atoms with Crippen LogP contribution in [0.2, 0.25) is 0 Å². The summed E-state index contributed by atoms with van der Waals surface area (Å²) >= 11 is 0. The number of aryl methyl sites for hydroxylation is 2. The van der Waals surface area contributed by atoms with E-state index in [4.69, 9.17) is 9.05 Å². The van der Waals surface area contributed by atoms with E-state index in [0.717, 1.165) is 66.3 Å². The van der Waals surface area contributed by atoms with Gasteiger partial charge in [0.05, 0.1) is 23.8 Å². The maximum atomic E-state index is 12.8. The zero-order valence-electron chi connectivity index (χ0n) is 32.9. The van der Waals surface area contributed by atoms with E-state index < -0.39 is 8.25 Å². The van der Waals surface area contributed by atoms with E-state index >= 15 is 0 Å². The molecule has 60 heavy (non-hydrogen) atoms. The van der Waals surface area contributed by atoms with Crippen LogP contribution < -0.4 is 10.6 Å². The summed E-state index contributed by atoms with van der Waals surface area (Å²) in [7, 11) is 1.37. The lowest BCUT2D eigenvalue weighted by molar-refractivity contribution is -0.112. The fourth-order valence-electron chi connectivity index (χ4n) is 7.04. The summed E-state index contributed by atoms with van der Waals surface area (Å²) in [6.07, 6.45) is 9.98. The molecule has 0 saturated carbocycles. The molecule has 6 aromatic carbocycles. The first-order chi connectivity index (χ1) is 29.3. The van der Waals surface area contributed by atoms with Crippen LogP contribution in [0.5, 0.6) is 0 Å². The Balaban J connectivity index is 0.784. The molecule has 0 unspecified atom stereocenters. The van der Waals surface area contributed by atoms with Gasteiger partial charge in [0.2, 0.25) is 11.8 Å². The third-order valence-electron chi connectivity index (χ3n) is 9.97. The van der Waals surface area contributed by atoms with E-state index in [9.17, 15) is 14.2 Å². The van der Waals surface area contributed by atoms with Gasteiger partial charge in [-0.2, -0.15) is 10.2 Å². The fourth-order valence-corrected chi connectivity index (χ4v) is 7.62. The second-order valence-corrected chi connectivity index (χ2v) is 15.0. The smallest absolute Gasteiger partial charge is 0.323 e. The highest BCUT2D eigenvalue weighted by molar-refractivity contribution is 7.33. The van der Waals surface area contributed by atoms with Crippen molar-refractivity contribution in [1.82, 2.24) is 19.6 Å². The van der Waals surface area contributed by atoms with Gasteiger partial charge in [0, 0.05) is 64.4 Å². The molecule has 2 N–H and O–H groups in total. The summed E-state index contributed by atoms with van der Waals surface area (Å²) in [6.45, 7) is 0.116. The highest BCUT2D eigenvalue weighted by atomic mass is 31.1. The molecule has 8 aromatic rings. The Bertz CT molecular complexity index is 2710. The number of hydrogen-bond donors (Lipinski definition) is 2. The van der Waals surface area contributed by atoms with Crippen LogP contribution in [-0.4, -0.2) is 31.4 Å². The molecule has 0 spiro atoms. The average Bonchev–Trinajstić information content (AvgIpc) is 3.84. The molecule has 0 aliphatic rings. The molecule has 2 heterocycles. The Labute approximate surface area is 347 Å². The van der Waals surface area contributed by atoms with Crippen LogP contribution in [0.15, 0.2) is 158 Å². The van der Waals surface area contributed by atoms with Crippen molar-refractivity contribution in [3.05, 3.63) is 180 Å². The van der Waals surface area contributed by atoms with Gasteiger partial charge < -0.3 is 10.6 Å². The second-order valence-electron chi connectivity index (χ2n) is 14.0. The highest BCUT2D eigenvalue weighted by Gasteiger charge is 2.21. The van der Waals surface area contributed by atoms with Gasteiger partial charge in [-0.3, -0.25) is 19.0 Å². The highest BCUT2D eigenvalue weighted by Crippen LogP contribution is 2.33. The Morgan fingerprint density at radius 3 is 1.40 bits per heavy atom. The lowest BCUT2D eigenvalue weighted by Crippen LogP contribution is -2.07. The number of rotatable bonds is 14. The van der Waals surface area contributed by atoms with Crippen molar-refractivity contribution in [2.45, 2.75) is 13.2 Å². The van der Waals surface area contributed by atoms with Crippen LogP contribution in [0.1, 0.15) is 22.3 Å². The predicted molar refractivity (Wildman–Crippen MR) is 238 cm³/mol. The average molecular weight is 812 g/mol. The Morgan fingerprint density at radius 2 is 0.967 bits per heavy atom. The largest absolute Gasteiger partial charge is 0.698 e. The zero-order valence-corrected chi connectivity index (χ0v) is 33.8. The monoisotopic (exact) mass is 811 g/mol. The summed E-state index contributed by atoms with van der Waals surface area (Å²) in [6, 6.07) is 42.8. The van der Waals surface area contributed by atoms with Crippen molar-refractivity contribution in [1.29, 1.82) is 0 Å². The molecule has 0 aliphatic carbocycles. The minimum atomic E-state index is -2.40. The lowest BCUT2D eigenvalue weighted by Gasteiger charge is -2.09. The number of nitrogens with zero attached hydrogens (tertiary/aromatic N) is 4. The second kappa shape index (κ2) is 18.1. The quantitative estimate of drug-likeness (QED) is 0.0826. The summed E-state index contributed by atoms with van der Waals surface area (Å²) in [4.78, 5) is 25.7. The maximum Gasteiger partial charge on any atom is 0.698 e. The number of fused-ring (bicyclic) bond motifs is 2. The normalized spacial score (nSPS) is 11.5. The number of carbonyl (C=O) groups is 2. The first kappa shape index (κ1) is 39.5. The molecule has 0 atom stereocenters. The minimum absolute atomic E-state index is 0.0578. The van der Waals surface area contributed by atoms with Crippen molar-refractivity contribution < 1.29 is 23.2 Å². The van der Waals surface area contributed by atoms with E-state index in [-0.39, 0.29) is 25.0 Å². The molecule has 2 aromatic heterocycles. The van der Waals surface area contributed by atoms with Gasteiger partial charge in [-0.1, -0.05) is 109 Å². The Kier molecular flexibility index (Phi) is 11.9. The number of nitrogens with one attached hydrogen (secondary N) is 2. The number of anilines is 2. The van der Waals surface area contributed by atoms with Gasteiger partial charge in [-0.25, -0.2) is 0 Å². The SMILES string of the molecule is Cn1ncc(/C=C/C(=O)Nc2ccc(CO[P+](=O)OCc3ccc(NC(=O)/C=C/c4cnn(C)c4-c4cccc5ccccc45)cc3)cc2)c1-c1cccc2ccccc12.